The van der Waals surface area contributed by atoms with E-state index in [1.165, 1.54) is 25.0 Å². The molecule has 3 nitrogen and oxygen atoms in total. The van der Waals surface area contributed by atoms with Crippen molar-refractivity contribution in [3.8, 4) is 0 Å². The molecule has 1 aromatic heterocycles. The number of rotatable bonds is 5. The molecule has 1 aliphatic carbocycles. The predicted molar refractivity (Wildman–Crippen MR) is 67.5 cm³/mol. The van der Waals surface area contributed by atoms with Crippen LogP contribution >= 0.6 is 0 Å². The molecule has 1 N–H and O–H groups in total. The van der Waals surface area contributed by atoms with Crippen molar-refractivity contribution < 1.29 is 8.78 Å². The lowest BCUT2D eigenvalue weighted by molar-refractivity contribution is 0.573. The predicted octanol–water partition coefficient (Wildman–Crippen LogP) is 2.46. The third kappa shape index (κ3) is 3.38. The Morgan fingerprint density at radius 2 is 1.95 bits per heavy atom. The molecule has 0 amide bonds. The Kier molecular flexibility index (Phi) is 3.29. The highest BCUT2D eigenvalue weighted by Crippen LogP contribution is 2.19. The van der Waals surface area contributed by atoms with Gasteiger partial charge in [0.1, 0.15) is 11.6 Å². The van der Waals surface area contributed by atoms with E-state index in [0.29, 0.717) is 18.2 Å². The first-order chi connectivity index (χ1) is 9.19. The second-order valence-electron chi connectivity index (χ2n) is 4.94. The van der Waals surface area contributed by atoms with E-state index in [1.807, 2.05) is 12.3 Å². The van der Waals surface area contributed by atoms with Crippen molar-refractivity contribution in [2.75, 3.05) is 0 Å². The number of halogens is 2. The summed E-state index contributed by atoms with van der Waals surface area (Å²) in [7, 11) is 0. The fourth-order valence-corrected chi connectivity index (χ4v) is 2.01. The number of nitrogens with one attached hydrogen (secondary N) is 1. The third-order valence-corrected chi connectivity index (χ3v) is 3.11. The van der Waals surface area contributed by atoms with Crippen LogP contribution in [0.25, 0.3) is 0 Å². The summed E-state index contributed by atoms with van der Waals surface area (Å²) in [5.41, 5.74) is 1.52. The molecule has 5 heteroatoms. The van der Waals surface area contributed by atoms with E-state index in [1.54, 1.807) is 4.68 Å². The molecule has 0 spiro atoms. The van der Waals surface area contributed by atoms with Crippen LogP contribution in [0.15, 0.2) is 30.5 Å². The number of nitrogens with zero attached hydrogens (tertiary/aromatic N) is 2. The van der Waals surface area contributed by atoms with Crippen LogP contribution in [0.2, 0.25) is 0 Å². The molecule has 0 aliphatic heterocycles. The van der Waals surface area contributed by atoms with E-state index >= 15 is 0 Å². The van der Waals surface area contributed by atoms with Crippen molar-refractivity contribution in [1.29, 1.82) is 0 Å². The molecular formula is C14H15F2N3. The molecule has 0 bridgehead atoms. The zero-order valence-electron chi connectivity index (χ0n) is 10.4. The van der Waals surface area contributed by atoms with E-state index in [-0.39, 0.29) is 0 Å². The highest BCUT2D eigenvalue weighted by Gasteiger charge is 2.20. The average molecular weight is 263 g/mol. The minimum atomic E-state index is -0.558. The van der Waals surface area contributed by atoms with Crippen LogP contribution in [-0.4, -0.2) is 15.8 Å². The molecule has 2 aromatic rings. The van der Waals surface area contributed by atoms with Crippen LogP contribution in [0, 0.1) is 11.6 Å². The van der Waals surface area contributed by atoms with Crippen LogP contribution in [0.4, 0.5) is 8.78 Å². The van der Waals surface area contributed by atoms with Crippen molar-refractivity contribution >= 4 is 0 Å². The second-order valence-corrected chi connectivity index (χ2v) is 4.94. The lowest BCUT2D eigenvalue weighted by atomic mass is 10.2. The maximum atomic E-state index is 13.1. The van der Waals surface area contributed by atoms with Gasteiger partial charge in [-0.3, -0.25) is 4.68 Å². The van der Waals surface area contributed by atoms with E-state index in [4.69, 9.17) is 0 Å². The number of benzene rings is 1. The van der Waals surface area contributed by atoms with E-state index in [0.717, 1.165) is 18.3 Å². The lowest BCUT2D eigenvalue weighted by Crippen LogP contribution is -2.16. The van der Waals surface area contributed by atoms with Crippen molar-refractivity contribution in [2.24, 2.45) is 0 Å². The number of hydrogen-bond acceptors (Lipinski definition) is 2. The Morgan fingerprint density at radius 3 is 2.63 bits per heavy atom. The fourth-order valence-electron chi connectivity index (χ4n) is 2.01. The molecule has 1 saturated carbocycles. The van der Waals surface area contributed by atoms with Crippen molar-refractivity contribution in [2.45, 2.75) is 32.0 Å². The van der Waals surface area contributed by atoms with Gasteiger partial charge in [-0.2, -0.15) is 5.10 Å². The average Bonchev–Trinajstić information content (AvgIpc) is 3.06. The Labute approximate surface area is 110 Å². The first-order valence-corrected chi connectivity index (χ1v) is 6.40. The van der Waals surface area contributed by atoms with Crippen LogP contribution in [0.5, 0.6) is 0 Å². The van der Waals surface area contributed by atoms with Gasteiger partial charge in [0.25, 0.3) is 0 Å². The summed E-state index contributed by atoms with van der Waals surface area (Å²) < 4.78 is 27.8. The SMILES string of the molecule is Fc1cc(F)cc(Cn2ccc(CNC3CC3)n2)c1. The summed E-state index contributed by atoms with van der Waals surface area (Å²) in [5.74, 6) is -1.12. The minimum absolute atomic E-state index is 0.373. The Hall–Kier alpha value is -1.75. The minimum Gasteiger partial charge on any atom is -0.308 e. The van der Waals surface area contributed by atoms with Crippen LogP contribution in [0.1, 0.15) is 24.1 Å². The summed E-state index contributed by atoms with van der Waals surface area (Å²) in [5, 5.41) is 7.75. The summed E-state index contributed by atoms with van der Waals surface area (Å²) in [6, 6.07) is 6.09. The molecule has 0 radical (unpaired) electrons. The summed E-state index contributed by atoms with van der Waals surface area (Å²) in [6.45, 7) is 1.12. The molecule has 3 rings (SSSR count). The third-order valence-electron chi connectivity index (χ3n) is 3.11. The molecule has 0 unspecified atom stereocenters. The van der Waals surface area contributed by atoms with Crippen LogP contribution < -0.4 is 5.32 Å². The zero-order valence-corrected chi connectivity index (χ0v) is 10.4. The molecule has 19 heavy (non-hydrogen) atoms. The van der Waals surface area contributed by atoms with Gasteiger partial charge < -0.3 is 5.32 Å². The van der Waals surface area contributed by atoms with Crippen molar-refractivity contribution in [1.82, 2.24) is 15.1 Å². The quantitative estimate of drug-likeness (QED) is 0.898. The molecule has 1 heterocycles. The Morgan fingerprint density at radius 1 is 1.21 bits per heavy atom. The maximum absolute atomic E-state index is 13.1. The summed E-state index contributed by atoms with van der Waals surface area (Å²) in [4.78, 5) is 0. The van der Waals surface area contributed by atoms with Gasteiger partial charge in [-0.05, 0) is 36.6 Å². The monoisotopic (exact) mass is 263 g/mol. The number of hydrogen-bond donors (Lipinski definition) is 1. The normalized spacial score (nSPS) is 14.8. The topological polar surface area (TPSA) is 29.9 Å². The molecule has 1 aromatic carbocycles. The summed E-state index contributed by atoms with van der Waals surface area (Å²) >= 11 is 0. The first kappa shape index (κ1) is 12.3. The van der Waals surface area contributed by atoms with E-state index in [2.05, 4.69) is 10.4 Å². The van der Waals surface area contributed by atoms with E-state index < -0.39 is 11.6 Å². The highest BCUT2D eigenvalue weighted by atomic mass is 19.1. The Balaban J connectivity index is 1.65. The Bertz CT molecular complexity index is 556. The lowest BCUT2D eigenvalue weighted by Gasteiger charge is -2.03. The largest absolute Gasteiger partial charge is 0.308 e. The second kappa shape index (κ2) is 5.09. The standard InChI is InChI=1S/C14H15F2N3/c15-11-5-10(6-12(16)7-11)9-19-4-3-14(18-19)8-17-13-1-2-13/h3-7,13,17H,1-2,8-9H2. The summed E-state index contributed by atoms with van der Waals surface area (Å²) in [6.07, 6.45) is 4.30. The van der Waals surface area contributed by atoms with Gasteiger partial charge in [0.2, 0.25) is 0 Å². The van der Waals surface area contributed by atoms with Crippen LogP contribution in [-0.2, 0) is 13.1 Å². The van der Waals surface area contributed by atoms with Crippen LogP contribution in [0.3, 0.4) is 0 Å². The van der Waals surface area contributed by atoms with Gasteiger partial charge in [-0.1, -0.05) is 0 Å². The van der Waals surface area contributed by atoms with Gasteiger partial charge in [0, 0.05) is 24.8 Å². The van der Waals surface area contributed by atoms with Gasteiger partial charge in [0.05, 0.1) is 12.2 Å². The van der Waals surface area contributed by atoms with Gasteiger partial charge in [0.15, 0.2) is 0 Å². The highest BCUT2D eigenvalue weighted by molar-refractivity contribution is 5.18. The van der Waals surface area contributed by atoms with Crippen molar-refractivity contribution in [3.05, 3.63) is 53.4 Å². The maximum Gasteiger partial charge on any atom is 0.126 e. The first-order valence-electron chi connectivity index (χ1n) is 6.40. The van der Waals surface area contributed by atoms with Crippen molar-refractivity contribution in [3.63, 3.8) is 0 Å². The number of aromatic nitrogens is 2. The molecule has 1 aliphatic rings. The fraction of sp³-hybridized carbons (Fsp3) is 0.357. The smallest absolute Gasteiger partial charge is 0.126 e. The van der Waals surface area contributed by atoms with Gasteiger partial charge >= 0.3 is 0 Å². The molecule has 0 saturated heterocycles. The molecule has 100 valence electrons. The van der Waals surface area contributed by atoms with Gasteiger partial charge in [-0.15, -0.1) is 0 Å². The van der Waals surface area contributed by atoms with E-state index in [9.17, 15) is 8.78 Å². The van der Waals surface area contributed by atoms with Gasteiger partial charge in [-0.25, -0.2) is 8.78 Å². The zero-order chi connectivity index (χ0) is 13.2. The molecule has 1 fully saturated rings. The molecular weight excluding hydrogens is 248 g/mol. The molecule has 0 atom stereocenters.